The lowest BCUT2D eigenvalue weighted by Gasteiger charge is -2.64. The van der Waals surface area contributed by atoms with E-state index >= 15 is 0 Å². The molecule has 1 heterocycles. The molecular formula is C24H38N2. The monoisotopic (exact) mass is 354 g/mol. The lowest BCUT2D eigenvalue weighted by molar-refractivity contribution is -0.134. The number of piperazine rings is 1. The molecule has 26 heavy (non-hydrogen) atoms. The molecule has 0 spiro atoms. The Labute approximate surface area is 160 Å². The highest BCUT2D eigenvalue weighted by atomic mass is 15.3. The van der Waals surface area contributed by atoms with Gasteiger partial charge in [0.05, 0.1) is 0 Å². The van der Waals surface area contributed by atoms with Crippen molar-refractivity contribution in [1.82, 2.24) is 9.80 Å². The normalized spacial score (nSPS) is 58.6. The quantitative estimate of drug-likeness (QED) is 0.718. The van der Waals surface area contributed by atoms with Crippen LogP contribution in [-0.4, -0.2) is 47.1 Å². The molecule has 0 N–H and O–H groups in total. The van der Waals surface area contributed by atoms with E-state index in [1.807, 2.05) is 0 Å². The van der Waals surface area contributed by atoms with Gasteiger partial charge in [-0.25, -0.2) is 0 Å². The third-order valence-electron chi connectivity index (χ3n) is 10.6. The average molecular weight is 355 g/mol. The molecule has 0 amide bonds. The molecule has 0 radical (unpaired) electrons. The van der Waals surface area contributed by atoms with Crippen molar-refractivity contribution in [3.63, 3.8) is 0 Å². The minimum atomic E-state index is 0.655. The smallest absolute Gasteiger partial charge is 0.0218 e. The van der Waals surface area contributed by atoms with Gasteiger partial charge in [0.2, 0.25) is 0 Å². The Morgan fingerprint density at radius 3 is 0.846 bits per heavy atom. The molecular weight excluding hydrogens is 316 g/mol. The highest BCUT2D eigenvalue weighted by Gasteiger charge is 2.56. The molecule has 1 aliphatic heterocycles. The number of hydrogen-bond acceptors (Lipinski definition) is 2. The molecule has 9 fully saturated rings. The zero-order valence-corrected chi connectivity index (χ0v) is 16.7. The first-order valence-electron chi connectivity index (χ1n) is 12.2. The van der Waals surface area contributed by atoms with E-state index in [4.69, 9.17) is 0 Å². The molecule has 8 saturated carbocycles. The predicted octanol–water partition coefficient (Wildman–Crippen LogP) is 4.54. The molecule has 2 heteroatoms. The van der Waals surface area contributed by atoms with Crippen LogP contribution in [-0.2, 0) is 0 Å². The van der Waals surface area contributed by atoms with E-state index < -0.39 is 0 Å². The Bertz CT molecular complexity index is 464. The first kappa shape index (κ1) is 15.8. The predicted molar refractivity (Wildman–Crippen MR) is 105 cm³/mol. The Balaban J connectivity index is 1.08. The van der Waals surface area contributed by atoms with E-state index in [2.05, 4.69) is 9.80 Å². The van der Waals surface area contributed by atoms with Crippen molar-refractivity contribution in [3.05, 3.63) is 0 Å². The lowest BCUT2D eigenvalue weighted by Crippen LogP contribution is -2.68. The maximum atomic E-state index is 3.04. The molecule has 8 bridgehead atoms. The lowest BCUT2D eigenvalue weighted by atomic mass is 9.52. The van der Waals surface area contributed by atoms with Gasteiger partial charge in [-0.2, -0.15) is 0 Å². The molecule has 1 saturated heterocycles. The number of rotatable bonds is 2. The SMILES string of the molecule is C1C2CC3CC1CC(N1CCN(C45CC6CC(CC(C6)C4)C5)CC1)(C2)C3. The van der Waals surface area contributed by atoms with Crippen LogP contribution in [0.4, 0.5) is 0 Å². The van der Waals surface area contributed by atoms with Gasteiger partial charge in [-0.1, -0.05) is 0 Å². The van der Waals surface area contributed by atoms with E-state index in [0.29, 0.717) is 11.1 Å². The maximum absolute atomic E-state index is 3.04. The van der Waals surface area contributed by atoms with Crippen molar-refractivity contribution in [1.29, 1.82) is 0 Å². The van der Waals surface area contributed by atoms with Crippen LogP contribution in [0.25, 0.3) is 0 Å². The average Bonchev–Trinajstić information content (AvgIpc) is 2.60. The van der Waals surface area contributed by atoms with Crippen molar-refractivity contribution in [2.24, 2.45) is 35.5 Å². The Kier molecular flexibility index (Phi) is 3.21. The van der Waals surface area contributed by atoms with Crippen LogP contribution in [0.5, 0.6) is 0 Å². The molecule has 0 aromatic carbocycles. The van der Waals surface area contributed by atoms with Gasteiger partial charge in [-0.3, -0.25) is 9.80 Å². The van der Waals surface area contributed by atoms with Gasteiger partial charge in [0, 0.05) is 37.3 Å². The van der Waals surface area contributed by atoms with Crippen LogP contribution in [0, 0.1) is 35.5 Å². The summed E-state index contributed by atoms with van der Waals surface area (Å²) < 4.78 is 0. The summed E-state index contributed by atoms with van der Waals surface area (Å²) in [5.74, 6) is 6.60. The summed E-state index contributed by atoms with van der Waals surface area (Å²) >= 11 is 0. The molecule has 2 nitrogen and oxygen atoms in total. The first-order valence-corrected chi connectivity index (χ1v) is 12.2. The van der Waals surface area contributed by atoms with E-state index in [0.717, 1.165) is 35.5 Å². The molecule has 0 aromatic heterocycles. The van der Waals surface area contributed by atoms with Gasteiger partial charge < -0.3 is 0 Å². The van der Waals surface area contributed by atoms with E-state index in [1.165, 1.54) is 26.2 Å². The second kappa shape index (κ2) is 5.29. The van der Waals surface area contributed by atoms with Crippen LogP contribution in [0.15, 0.2) is 0 Å². The van der Waals surface area contributed by atoms with Crippen LogP contribution in [0.2, 0.25) is 0 Å². The highest BCUT2D eigenvalue weighted by Crippen LogP contribution is 2.60. The molecule has 8 aliphatic carbocycles. The summed E-state index contributed by atoms with van der Waals surface area (Å²) in [6, 6.07) is 0. The van der Waals surface area contributed by atoms with Crippen LogP contribution >= 0.6 is 0 Å². The second-order valence-electron chi connectivity index (χ2n) is 12.3. The summed E-state index contributed by atoms with van der Waals surface area (Å²) in [7, 11) is 0. The molecule has 0 unspecified atom stereocenters. The molecule has 9 rings (SSSR count). The number of nitrogens with zero attached hydrogens (tertiary/aromatic N) is 2. The zero-order valence-electron chi connectivity index (χ0n) is 16.7. The minimum absolute atomic E-state index is 0.655. The number of hydrogen-bond donors (Lipinski definition) is 0. The van der Waals surface area contributed by atoms with Crippen LogP contribution in [0.3, 0.4) is 0 Å². The van der Waals surface area contributed by atoms with Gasteiger partial charge in [0.1, 0.15) is 0 Å². The van der Waals surface area contributed by atoms with E-state index in [9.17, 15) is 0 Å². The second-order valence-corrected chi connectivity index (χ2v) is 12.3. The molecule has 0 atom stereocenters. The highest BCUT2D eigenvalue weighted by molar-refractivity contribution is 5.11. The minimum Gasteiger partial charge on any atom is -0.295 e. The van der Waals surface area contributed by atoms with Crippen molar-refractivity contribution in [2.45, 2.75) is 88.1 Å². The van der Waals surface area contributed by atoms with Crippen molar-refractivity contribution < 1.29 is 0 Å². The van der Waals surface area contributed by atoms with Gasteiger partial charge in [0.25, 0.3) is 0 Å². The van der Waals surface area contributed by atoms with Crippen LogP contribution < -0.4 is 0 Å². The zero-order chi connectivity index (χ0) is 16.9. The summed E-state index contributed by atoms with van der Waals surface area (Å²) in [4.78, 5) is 6.07. The van der Waals surface area contributed by atoms with E-state index in [-0.39, 0.29) is 0 Å². The fraction of sp³-hybridized carbons (Fsp3) is 1.00. The third-order valence-corrected chi connectivity index (χ3v) is 10.6. The van der Waals surface area contributed by atoms with Gasteiger partial charge >= 0.3 is 0 Å². The Morgan fingerprint density at radius 2 is 0.615 bits per heavy atom. The van der Waals surface area contributed by atoms with E-state index in [1.54, 1.807) is 77.0 Å². The molecule has 144 valence electrons. The maximum Gasteiger partial charge on any atom is 0.0218 e. The van der Waals surface area contributed by atoms with Gasteiger partial charge in [-0.15, -0.1) is 0 Å². The van der Waals surface area contributed by atoms with Gasteiger partial charge in [-0.05, 0) is 113 Å². The van der Waals surface area contributed by atoms with Crippen molar-refractivity contribution in [2.75, 3.05) is 26.2 Å². The molecule has 0 aromatic rings. The summed E-state index contributed by atoms with van der Waals surface area (Å²) in [5, 5.41) is 0. The largest absolute Gasteiger partial charge is 0.295 e. The Morgan fingerprint density at radius 1 is 0.385 bits per heavy atom. The topological polar surface area (TPSA) is 6.48 Å². The molecule has 9 aliphatic rings. The first-order chi connectivity index (χ1) is 12.7. The summed E-state index contributed by atoms with van der Waals surface area (Å²) in [5.41, 5.74) is 1.31. The fourth-order valence-corrected chi connectivity index (χ4v) is 10.6. The Hall–Kier alpha value is -0.0800. The fourth-order valence-electron chi connectivity index (χ4n) is 10.6. The standard InChI is InChI=1S/C24H38N2/c1-2-26(24-14-20-8-21(15-24)10-22(9-20)16-24)4-3-25(1)23-11-17-5-18(12-23)7-19(6-17)13-23/h17-22H,1-16H2. The van der Waals surface area contributed by atoms with Crippen molar-refractivity contribution >= 4 is 0 Å². The van der Waals surface area contributed by atoms with Crippen molar-refractivity contribution in [3.8, 4) is 0 Å². The summed E-state index contributed by atoms with van der Waals surface area (Å²) in [6.45, 7) is 5.59. The van der Waals surface area contributed by atoms with Crippen LogP contribution in [0.1, 0.15) is 77.0 Å². The van der Waals surface area contributed by atoms with Gasteiger partial charge in [0.15, 0.2) is 0 Å². The third kappa shape index (κ3) is 2.18. The summed E-state index contributed by atoms with van der Waals surface area (Å²) in [6.07, 6.45) is 18.9.